The molecule has 3 rings (SSSR count). The molecule has 0 saturated heterocycles. The van der Waals surface area contributed by atoms with Crippen LogP contribution in [0.5, 0.6) is 0 Å². The van der Waals surface area contributed by atoms with Gasteiger partial charge in [0.05, 0.1) is 16.8 Å². The zero-order valence-electron chi connectivity index (χ0n) is 16.7. The molecule has 1 heterocycles. The van der Waals surface area contributed by atoms with Crippen molar-refractivity contribution in [2.75, 3.05) is 13.6 Å². The van der Waals surface area contributed by atoms with Crippen LogP contribution in [0.4, 0.5) is 0 Å². The van der Waals surface area contributed by atoms with Crippen LogP contribution in [0.1, 0.15) is 55.1 Å². The number of thiazole rings is 1. The fraction of sp³-hybridized carbons (Fsp3) is 0.714. The van der Waals surface area contributed by atoms with Crippen LogP contribution >= 0.6 is 11.3 Å². The molecule has 1 aromatic rings. The minimum absolute atomic E-state index is 0.0107. The fourth-order valence-electron chi connectivity index (χ4n) is 5.48. The minimum Gasteiger partial charge on any atom is -0.392 e. The van der Waals surface area contributed by atoms with Gasteiger partial charge in [0.2, 0.25) is 5.91 Å². The lowest BCUT2D eigenvalue weighted by Crippen LogP contribution is -2.53. The maximum Gasteiger partial charge on any atom is 0.225 e. The standard InChI is InChI=1S/C21H32N2O2S/c1-7-10-23(6)20(25)12(2)15-8-9-21(5)11-16-18(22-14(4)26-16)13(3)17(21)19(15)24/h7,12-13,15,17,19,24H,1,8-11H2,2-6H3/t12-,13-,15-,17+,19-,21-/m0/s1. The van der Waals surface area contributed by atoms with Crippen LogP contribution in [0.15, 0.2) is 12.7 Å². The quantitative estimate of drug-likeness (QED) is 0.814. The molecule has 6 atom stereocenters. The van der Waals surface area contributed by atoms with Crippen molar-refractivity contribution in [2.24, 2.45) is 23.2 Å². The Hall–Kier alpha value is -1.20. The van der Waals surface area contributed by atoms with E-state index in [4.69, 9.17) is 4.98 Å². The van der Waals surface area contributed by atoms with E-state index in [-0.39, 0.29) is 35.0 Å². The molecule has 2 aliphatic carbocycles. The van der Waals surface area contributed by atoms with Crippen LogP contribution < -0.4 is 0 Å². The van der Waals surface area contributed by atoms with Crippen molar-refractivity contribution >= 4 is 17.2 Å². The third-order valence-electron chi connectivity index (χ3n) is 6.84. The molecule has 5 heteroatoms. The Bertz CT molecular complexity index is 700. The van der Waals surface area contributed by atoms with Crippen LogP contribution in [0.2, 0.25) is 0 Å². The molecule has 26 heavy (non-hydrogen) atoms. The molecule has 1 N–H and O–H groups in total. The van der Waals surface area contributed by atoms with E-state index in [2.05, 4.69) is 27.4 Å². The van der Waals surface area contributed by atoms with Crippen LogP contribution in [0, 0.1) is 30.1 Å². The summed E-state index contributed by atoms with van der Waals surface area (Å²) in [7, 11) is 1.81. The van der Waals surface area contributed by atoms with Crippen LogP contribution in [0.3, 0.4) is 0 Å². The fourth-order valence-corrected chi connectivity index (χ4v) is 6.72. The van der Waals surface area contributed by atoms with Gasteiger partial charge in [0.25, 0.3) is 0 Å². The second-order valence-electron chi connectivity index (χ2n) is 8.68. The number of aromatic nitrogens is 1. The van der Waals surface area contributed by atoms with Crippen molar-refractivity contribution in [3.63, 3.8) is 0 Å². The highest BCUT2D eigenvalue weighted by atomic mass is 32.1. The summed E-state index contributed by atoms with van der Waals surface area (Å²) < 4.78 is 0. The van der Waals surface area contributed by atoms with Gasteiger partial charge in [0, 0.05) is 30.3 Å². The number of aliphatic hydroxyl groups excluding tert-OH is 1. The highest BCUT2D eigenvalue weighted by Gasteiger charge is 2.53. The third-order valence-corrected chi connectivity index (χ3v) is 7.83. The molecule has 0 unspecified atom stereocenters. The van der Waals surface area contributed by atoms with Crippen molar-refractivity contribution in [2.45, 2.75) is 59.0 Å². The highest BCUT2D eigenvalue weighted by molar-refractivity contribution is 7.11. The topological polar surface area (TPSA) is 53.4 Å². The van der Waals surface area contributed by atoms with E-state index in [9.17, 15) is 9.90 Å². The van der Waals surface area contributed by atoms with Crippen molar-refractivity contribution in [3.05, 3.63) is 28.2 Å². The van der Waals surface area contributed by atoms with Gasteiger partial charge in [-0.25, -0.2) is 4.98 Å². The number of hydrogen-bond donors (Lipinski definition) is 1. The molecular formula is C21H32N2O2S. The van der Waals surface area contributed by atoms with E-state index >= 15 is 0 Å². The smallest absolute Gasteiger partial charge is 0.225 e. The van der Waals surface area contributed by atoms with Crippen LogP contribution in [-0.4, -0.2) is 40.6 Å². The molecule has 1 fully saturated rings. The summed E-state index contributed by atoms with van der Waals surface area (Å²) in [4.78, 5) is 20.6. The Labute approximate surface area is 161 Å². The predicted octanol–water partition coefficient (Wildman–Crippen LogP) is 3.79. The number of fused-ring (bicyclic) bond motifs is 2. The average molecular weight is 377 g/mol. The number of carbonyl (C=O) groups is 1. The lowest BCUT2D eigenvalue weighted by atomic mass is 9.53. The number of nitrogens with zero attached hydrogens (tertiary/aromatic N) is 2. The van der Waals surface area contributed by atoms with Gasteiger partial charge >= 0.3 is 0 Å². The number of aliphatic hydroxyl groups is 1. The Balaban J connectivity index is 1.86. The van der Waals surface area contributed by atoms with Gasteiger partial charge in [-0.05, 0) is 43.4 Å². The van der Waals surface area contributed by atoms with Gasteiger partial charge in [0.15, 0.2) is 0 Å². The molecule has 0 bridgehead atoms. The molecule has 2 aliphatic rings. The molecule has 0 aliphatic heterocycles. The Morgan fingerprint density at radius 2 is 2.27 bits per heavy atom. The van der Waals surface area contributed by atoms with E-state index in [0.717, 1.165) is 24.3 Å². The molecule has 1 amide bonds. The number of carbonyl (C=O) groups excluding carboxylic acids is 1. The molecule has 0 spiro atoms. The molecule has 0 radical (unpaired) electrons. The van der Waals surface area contributed by atoms with Crippen molar-refractivity contribution < 1.29 is 9.90 Å². The molecule has 144 valence electrons. The monoisotopic (exact) mass is 376 g/mol. The zero-order valence-corrected chi connectivity index (χ0v) is 17.5. The van der Waals surface area contributed by atoms with Crippen LogP contribution in [-0.2, 0) is 11.2 Å². The summed E-state index contributed by atoms with van der Waals surface area (Å²) in [5.74, 6) is 0.336. The van der Waals surface area contributed by atoms with Gasteiger partial charge < -0.3 is 10.0 Å². The second-order valence-corrected chi connectivity index (χ2v) is 9.96. The van der Waals surface area contributed by atoms with Crippen LogP contribution in [0.25, 0.3) is 0 Å². The van der Waals surface area contributed by atoms with Gasteiger partial charge in [-0.2, -0.15) is 0 Å². The number of likely N-dealkylation sites (N-methyl/N-ethyl adjacent to an activating group) is 1. The Morgan fingerprint density at radius 1 is 1.58 bits per heavy atom. The molecule has 1 saturated carbocycles. The van der Waals surface area contributed by atoms with Gasteiger partial charge in [-0.1, -0.05) is 26.8 Å². The van der Waals surface area contributed by atoms with Crippen molar-refractivity contribution in [1.82, 2.24) is 9.88 Å². The summed E-state index contributed by atoms with van der Waals surface area (Å²) >= 11 is 1.81. The van der Waals surface area contributed by atoms with Gasteiger partial charge in [0.1, 0.15) is 0 Å². The maximum absolute atomic E-state index is 12.8. The second kappa shape index (κ2) is 7.08. The van der Waals surface area contributed by atoms with Gasteiger partial charge in [-0.15, -0.1) is 17.9 Å². The highest BCUT2D eigenvalue weighted by Crippen LogP contribution is 2.57. The van der Waals surface area contributed by atoms with E-state index in [1.807, 2.05) is 25.3 Å². The zero-order chi connectivity index (χ0) is 19.2. The Morgan fingerprint density at radius 3 is 2.92 bits per heavy atom. The SMILES string of the molecule is C=CCN(C)C(=O)[C@@H](C)[C@@H]1CC[C@@]2(C)Cc3sc(C)nc3[C@@H](C)[C@@H]2[C@H]1O. The number of aryl methyl sites for hydroxylation is 1. The Kier molecular flexibility index (Phi) is 5.33. The summed E-state index contributed by atoms with van der Waals surface area (Å²) in [6.07, 6.45) is 4.25. The summed E-state index contributed by atoms with van der Waals surface area (Å²) in [5, 5.41) is 12.5. The van der Waals surface area contributed by atoms with E-state index in [0.29, 0.717) is 6.54 Å². The molecule has 1 aromatic heterocycles. The minimum atomic E-state index is -0.463. The largest absolute Gasteiger partial charge is 0.392 e. The lowest BCUT2D eigenvalue weighted by Gasteiger charge is -2.53. The third kappa shape index (κ3) is 3.13. The lowest BCUT2D eigenvalue weighted by molar-refractivity contribution is -0.143. The van der Waals surface area contributed by atoms with E-state index in [1.54, 1.807) is 11.0 Å². The number of rotatable bonds is 4. The normalized spacial score (nSPS) is 34.5. The first kappa shape index (κ1) is 19.6. The maximum atomic E-state index is 12.8. The van der Waals surface area contributed by atoms with E-state index in [1.165, 1.54) is 10.6 Å². The summed E-state index contributed by atoms with van der Waals surface area (Å²) in [6, 6.07) is 0. The molecule has 0 aromatic carbocycles. The average Bonchev–Trinajstić information content (AvgIpc) is 2.93. The number of hydrogen-bond acceptors (Lipinski definition) is 4. The van der Waals surface area contributed by atoms with Crippen molar-refractivity contribution in [1.29, 1.82) is 0 Å². The summed E-state index contributed by atoms with van der Waals surface area (Å²) in [6.45, 7) is 12.8. The first-order chi connectivity index (χ1) is 12.2. The first-order valence-electron chi connectivity index (χ1n) is 9.69. The van der Waals surface area contributed by atoms with Crippen molar-refractivity contribution in [3.8, 4) is 0 Å². The molecular weight excluding hydrogens is 344 g/mol. The predicted molar refractivity (Wildman–Crippen MR) is 106 cm³/mol. The number of amides is 1. The summed E-state index contributed by atoms with van der Waals surface area (Å²) in [5.41, 5.74) is 1.27. The van der Waals surface area contributed by atoms with E-state index < -0.39 is 6.10 Å². The van der Waals surface area contributed by atoms with Gasteiger partial charge in [-0.3, -0.25) is 4.79 Å². The first-order valence-corrected chi connectivity index (χ1v) is 10.5. The molecule has 4 nitrogen and oxygen atoms in total.